The van der Waals surface area contributed by atoms with Crippen molar-refractivity contribution in [1.82, 2.24) is 20.0 Å². The molecule has 122 valence electrons. The molecule has 2 aromatic rings. The fourth-order valence-corrected chi connectivity index (χ4v) is 3.67. The molecule has 1 amide bonds. The summed E-state index contributed by atoms with van der Waals surface area (Å²) >= 11 is 1.56. The van der Waals surface area contributed by atoms with Gasteiger partial charge in [-0.2, -0.15) is 0 Å². The molecule has 0 bridgehead atoms. The minimum absolute atomic E-state index is 0.0184. The summed E-state index contributed by atoms with van der Waals surface area (Å²) in [5, 5.41) is 11.0. The molecular formula is C15H19N5O2S. The fraction of sp³-hybridized carbons (Fsp3) is 0.533. The van der Waals surface area contributed by atoms with Gasteiger partial charge in [0.15, 0.2) is 10.9 Å². The summed E-state index contributed by atoms with van der Waals surface area (Å²) < 4.78 is 1.36. The summed E-state index contributed by atoms with van der Waals surface area (Å²) in [4.78, 5) is 29.1. The Morgan fingerprint density at radius 2 is 2.04 bits per heavy atom. The number of hydrogen-bond acceptors (Lipinski definition) is 6. The van der Waals surface area contributed by atoms with E-state index >= 15 is 0 Å². The van der Waals surface area contributed by atoms with Gasteiger partial charge in [-0.15, -0.1) is 16.4 Å². The summed E-state index contributed by atoms with van der Waals surface area (Å²) in [5.74, 6) is -0.386. The zero-order valence-electron chi connectivity index (χ0n) is 13.0. The Morgan fingerprint density at radius 1 is 1.26 bits per heavy atom. The summed E-state index contributed by atoms with van der Waals surface area (Å²) in [6.45, 7) is 1.43. The summed E-state index contributed by atoms with van der Waals surface area (Å²) in [6, 6.07) is 0. The van der Waals surface area contributed by atoms with E-state index in [1.54, 1.807) is 11.3 Å². The number of Topliss-reactive ketones (excluding diaryl/α,β-unsaturated/α-hetero) is 1. The molecule has 3 rings (SSSR count). The maximum absolute atomic E-state index is 12.1. The molecule has 0 radical (unpaired) electrons. The zero-order chi connectivity index (χ0) is 16.2. The molecular weight excluding hydrogens is 314 g/mol. The van der Waals surface area contributed by atoms with Gasteiger partial charge in [-0.1, -0.05) is 18.1 Å². The number of hydrogen-bond donors (Lipinski definition) is 1. The molecule has 0 saturated carbocycles. The number of rotatable bonds is 4. The van der Waals surface area contributed by atoms with E-state index in [0.29, 0.717) is 5.13 Å². The van der Waals surface area contributed by atoms with Gasteiger partial charge in [-0.3, -0.25) is 9.59 Å². The lowest BCUT2D eigenvalue weighted by atomic mass is 10.0. The lowest BCUT2D eigenvalue weighted by molar-refractivity contribution is -0.116. The number of aromatic nitrogens is 4. The van der Waals surface area contributed by atoms with Crippen LogP contribution in [0.3, 0.4) is 0 Å². The second-order valence-corrected chi connectivity index (χ2v) is 6.79. The third kappa shape index (κ3) is 4.01. The Hall–Kier alpha value is -2.09. The maximum atomic E-state index is 12.1. The molecule has 1 aliphatic carbocycles. The predicted octanol–water partition coefficient (Wildman–Crippen LogP) is 2.23. The highest BCUT2D eigenvalue weighted by Gasteiger charge is 2.15. The van der Waals surface area contributed by atoms with Crippen LogP contribution in [0.1, 0.15) is 53.7 Å². The van der Waals surface area contributed by atoms with Crippen LogP contribution in [0.15, 0.2) is 6.20 Å². The van der Waals surface area contributed by atoms with Crippen LogP contribution < -0.4 is 5.32 Å². The first-order chi connectivity index (χ1) is 11.1. The number of nitrogens with zero attached hydrogens (tertiary/aromatic N) is 4. The molecule has 0 atom stereocenters. The minimum Gasteiger partial charge on any atom is -0.300 e. The van der Waals surface area contributed by atoms with Crippen molar-refractivity contribution in [2.75, 3.05) is 5.32 Å². The highest BCUT2D eigenvalue weighted by Crippen LogP contribution is 2.28. The number of carbonyl (C=O) groups is 2. The number of anilines is 1. The molecule has 1 N–H and O–H groups in total. The van der Waals surface area contributed by atoms with Crippen LogP contribution >= 0.6 is 11.3 Å². The normalized spacial score (nSPS) is 14.7. The van der Waals surface area contributed by atoms with Crippen LogP contribution in [0.2, 0.25) is 0 Å². The molecule has 2 aromatic heterocycles. The van der Waals surface area contributed by atoms with Gasteiger partial charge < -0.3 is 5.32 Å². The predicted molar refractivity (Wildman–Crippen MR) is 86.6 cm³/mol. The Kier molecular flexibility index (Phi) is 4.80. The van der Waals surface area contributed by atoms with Crippen molar-refractivity contribution in [2.45, 2.75) is 52.0 Å². The summed E-state index contributed by atoms with van der Waals surface area (Å²) in [6.07, 6.45) is 8.39. The number of thiazole rings is 1. The van der Waals surface area contributed by atoms with Gasteiger partial charge in [-0.05, 0) is 25.7 Å². The van der Waals surface area contributed by atoms with E-state index in [2.05, 4.69) is 20.6 Å². The van der Waals surface area contributed by atoms with Gasteiger partial charge in [0, 0.05) is 11.8 Å². The van der Waals surface area contributed by atoms with E-state index in [-0.39, 0.29) is 23.9 Å². The number of carbonyl (C=O) groups excluding carboxylic acids is 2. The van der Waals surface area contributed by atoms with Crippen LogP contribution in [-0.2, 0) is 24.2 Å². The zero-order valence-corrected chi connectivity index (χ0v) is 13.9. The lowest BCUT2D eigenvalue weighted by Crippen LogP contribution is -2.19. The molecule has 0 aliphatic heterocycles. The van der Waals surface area contributed by atoms with Crippen molar-refractivity contribution < 1.29 is 9.59 Å². The van der Waals surface area contributed by atoms with Gasteiger partial charge >= 0.3 is 0 Å². The van der Waals surface area contributed by atoms with Gasteiger partial charge in [0.2, 0.25) is 5.91 Å². The standard InChI is InChI=1S/C15H19N5O2S/c1-10(21)12-8-20(19-18-12)9-14(22)17-15-16-11-6-4-2-3-5-7-13(11)23-15/h8H,2-7,9H2,1H3,(H,16,17,22). The molecule has 7 nitrogen and oxygen atoms in total. The van der Waals surface area contributed by atoms with E-state index in [9.17, 15) is 9.59 Å². The average Bonchev–Trinajstić information content (AvgIpc) is 3.06. The largest absolute Gasteiger partial charge is 0.300 e. The topological polar surface area (TPSA) is 89.8 Å². The van der Waals surface area contributed by atoms with Crippen LogP contribution in [0.4, 0.5) is 5.13 Å². The molecule has 0 saturated heterocycles. The van der Waals surface area contributed by atoms with Gasteiger partial charge in [-0.25, -0.2) is 9.67 Å². The van der Waals surface area contributed by atoms with Gasteiger partial charge in [0.25, 0.3) is 0 Å². The SMILES string of the molecule is CC(=O)c1cn(CC(=O)Nc2nc3c(s2)CCCCCC3)nn1. The van der Waals surface area contributed by atoms with E-state index in [1.165, 1.54) is 41.9 Å². The fourth-order valence-electron chi connectivity index (χ4n) is 2.60. The number of ketones is 1. The summed E-state index contributed by atoms with van der Waals surface area (Å²) in [7, 11) is 0. The molecule has 1 aliphatic rings. The highest BCUT2D eigenvalue weighted by atomic mass is 32.1. The van der Waals surface area contributed by atoms with Gasteiger partial charge in [0.1, 0.15) is 12.2 Å². The quantitative estimate of drug-likeness (QED) is 0.867. The molecule has 23 heavy (non-hydrogen) atoms. The number of nitrogens with one attached hydrogen (secondary N) is 1. The van der Waals surface area contributed by atoms with Crippen LogP contribution in [0, 0.1) is 0 Å². The third-order valence-corrected chi connectivity index (χ3v) is 4.87. The second kappa shape index (κ2) is 6.99. The first kappa shape index (κ1) is 15.8. The molecule has 0 unspecified atom stereocenters. The van der Waals surface area contributed by atoms with E-state index < -0.39 is 0 Å². The Bertz CT molecular complexity index is 696. The average molecular weight is 333 g/mol. The second-order valence-electron chi connectivity index (χ2n) is 5.71. The maximum Gasteiger partial charge on any atom is 0.247 e. The lowest BCUT2D eigenvalue weighted by Gasteiger charge is -2.06. The Balaban J connectivity index is 1.63. The van der Waals surface area contributed by atoms with Crippen LogP contribution in [0.25, 0.3) is 0 Å². The smallest absolute Gasteiger partial charge is 0.247 e. The van der Waals surface area contributed by atoms with Gasteiger partial charge in [0.05, 0.1) is 11.9 Å². The first-order valence-corrected chi connectivity index (χ1v) is 8.63. The number of aryl methyl sites for hydroxylation is 2. The summed E-state index contributed by atoms with van der Waals surface area (Å²) in [5.41, 5.74) is 1.39. The molecule has 2 heterocycles. The Labute approximate surface area is 138 Å². The minimum atomic E-state index is -0.216. The van der Waals surface area contributed by atoms with Crippen molar-refractivity contribution in [1.29, 1.82) is 0 Å². The molecule has 8 heteroatoms. The van der Waals surface area contributed by atoms with Crippen molar-refractivity contribution in [3.63, 3.8) is 0 Å². The van der Waals surface area contributed by atoms with Crippen molar-refractivity contribution in [2.24, 2.45) is 0 Å². The first-order valence-electron chi connectivity index (χ1n) is 7.81. The molecule has 0 fully saturated rings. The molecule has 0 spiro atoms. The molecule has 0 aromatic carbocycles. The Morgan fingerprint density at radius 3 is 2.78 bits per heavy atom. The van der Waals surface area contributed by atoms with E-state index in [4.69, 9.17) is 0 Å². The van der Waals surface area contributed by atoms with E-state index in [1.807, 2.05) is 0 Å². The van der Waals surface area contributed by atoms with Crippen molar-refractivity contribution in [3.05, 3.63) is 22.5 Å². The van der Waals surface area contributed by atoms with Crippen LogP contribution in [-0.4, -0.2) is 31.7 Å². The van der Waals surface area contributed by atoms with Crippen molar-refractivity contribution >= 4 is 28.2 Å². The highest BCUT2D eigenvalue weighted by molar-refractivity contribution is 7.15. The third-order valence-electron chi connectivity index (χ3n) is 3.80. The van der Waals surface area contributed by atoms with Crippen LogP contribution in [0.5, 0.6) is 0 Å². The number of amides is 1. The monoisotopic (exact) mass is 333 g/mol. The van der Waals surface area contributed by atoms with E-state index in [0.717, 1.165) is 25.0 Å². The van der Waals surface area contributed by atoms with Crippen molar-refractivity contribution in [3.8, 4) is 0 Å². The number of fused-ring (bicyclic) bond motifs is 1.